The summed E-state index contributed by atoms with van der Waals surface area (Å²) in [5.41, 5.74) is 2.72. The van der Waals surface area contributed by atoms with E-state index in [-0.39, 0.29) is 17.7 Å². The van der Waals surface area contributed by atoms with Gasteiger partial charge in [-0.25, -0.2) is 0 Å². The van der Waals surface area contributed by atoms with Crippen LogP contribution in [0.1, 0.15) is 61.5 Å². The topological polar surface area (TPSA) is 63.7 Å². The highest BCUT2D eigenvalue weighted by molar-refractivity contribution is 7.86. The molecular formula is C23H31NO4S. The zero-order chi connectivity index (χ0) is 21.4. The first-order chi connectivity index (χ1) is 13.7. The molecule has 29 heavy (non-hydrogen) atoms. The van der Waals surface area contributed by atoms with Gasteiger partial charge in [0.25, 0.3) is 5.91 Å². The molecule has 2 rings (SSSR count). The van der Waals surface area contributed by atoms with Crippen molar-refractivity contribution in [2.24, 2.45) is 0 Å². The minimum absolute atomic E-state index is 0.0316. The molecule has 0 aliphatic rings. The van der Waals surface area contributed by atoms with Crippen LogP contribution in [0, 0.1) is 0 Å². The van der Waals surface area contributed by atoms with Crippen LogP contribution in [0.15, 0.2) is 48.5 Å². The molecule has 0 aliphatic carbocycles. The molecule has 0 saturated heterocycles. The summed E-state index contributed by atoms with van der Waals surface area (Å²) < 4.78 is 27.7. The Morgan fingerprint density at radius 2 is 1.76 bits per heavy atom. The Morgan fingerprint density at radius 3 is 2.34 bits per heavy atom. The van der Waals surface area contributed by atoms with Crippen LogP contribution in [-0.4, -0.2) is 31.5 Å². The van der Waals surface area contributed by atoms with E-state index in [9.17, 15) is 13.2 Å². The largest absolute Gasteiger partial charge is 0.383 e. The number of hydrogen-bond donors (Lipinski definition) is 0. The molecule has 0 aliphatic heterocycles. The molecule has 0 saturated carbocycles. The van der Waals surface area contributed by atoms with Crippen molar-refractivity contribution >= 4 is 16.0 Å². The van der Waals surface area contributed by atoms with Gasteiger partial charge >= 0.3 is 10.1 Å². The number of benzene rings is 2. The first-order valence-corrected chi connectivity index (χ1v) is 11.9. The van der Waals surface area contributed by atoms with Crippen LogP contribution in [0.25, 0.3) is 0 Å². The highest BCUT2D eigenvalue weighted by Gasteiger charge is 2.21. The fourth-order valence-corrected chi connectivity index (χ4v) is 3.53. The number of carbonyl (C=O) groups is 1. The smallest absolute Gasteiger partial charge is 0.306 e. The predicted molar refractivity (Wildman–Crippen MR) is 117 cm³/mol. The summed E-state index contributed by atoms with van der Waals surface area (Å²) in [6.07, 6.45) is 5.13. The normalized spacial score (nSPS) is 12.4. The summed E-state index contributed by atoms with van der Waals surface area (Å²) in [6, 6.07) is 14.7. The summed E-state index contributed by atoms with van der Waals surface area (Å²) in [7, 11) is -3.59. The van der Waals surface area contributed by atoms with E-state index < -0.39 is 10.1 Å². The Labute approximate surface area is 174 Å². The van der Waals surface area contributed by atoms with Crippen LogP contribution in [0.3, 0.4) is 0 Å². The Morgan fingerprint density at radius 1 is 1.07 bits per heavy atom. The van der Waals surface area contributed by atoms with E-state index in [4.69, 9.17) is 4.18 Å². The number of unbranched alkanes of at least 4 members (excludes halogenated alkanes) is 1. The van der Waals surface area contributed by atoms with Crippen LogP contribution in [0.5, 0.6) is 5.75 Å². The van der Waals surface area contributed by atoms with Crippen molar-refractivity contribution in [3.05, 3.63) is 65.2 Å². The van der Waals surface area contributed by atoms with Crippen molar-refractivity contribution in [2.75, 3.05) is 6.26 Å². The maximum atomic E-state index is 13.2. The Hall–Kier alpha value is -2.34. The van der Waals surface area contributed by atoms with Crippen LogP contribution in [-0.2, 0) is 23.1 Å². The van der Waals surface area contributed by atoms with Gasteiger partial charge in [0.1, 0.15) is 5.75 Å². The number of rotatable bonds is 10. The summed E-state index contributed by atoms with van der Waals surface area (Å²) in [5.74, 6) is 0.220. The lowest BCUT2D eigenvalue weighted by atomic mass is 10.0. The lowest BCUT2D eigenvalue weighted by molar-refractivity contribution is 0.0671. The van der Waals surface area contributed by atoms with E-state index in [0.29, 0.717) is 12.1 Å². The van der Waals surface area contributed by atoms with E-state index in [1.807, 2.05) is 49.1 Å². The first-order valence-electron chi connectivity index (χ1n) is 10.1. The second kappa shape index (κ2) is 10.4. The first kappa shape index (κ1) is 22.9. The molecule has 0 aromatic heterocycles. The van der Waals surface area contributed by atoms with Gasteiger partial charge in [-0.2, -0.15) is 8.42 Å². The fourth-order valence-electron chi connectivity index (χ4n) is 3.08. The van der Waals surface area contributed by atoms with Gasteiger partial charge in [-0.1, -0.05) is 44.5 Å². The maximum Gasteiger partial charge on any atom is 0.306 e. The van der Waals surface area contributed by atoms with Gasteiger partial charge in [0.05, 0.1) is 6.26 Å². The van der Waals surface area contributed by atoms with Gasteiger partial charge in [0, 0.05) is 18.2 Å². The Kier molecular flexibility index (Phi) is 8.26. The summed E-state index contributed by atoms with van der Waals surface area (Å²) >= 11 is 0. The van der Waals surface area contributed by atoms with Crippen molar-refractivity contribution in [3.63, 3.8) is 0 Å². The monoisotopic (exact) mass is 417 g/mol. The summed E-state index contributed by atoms with van der Waals surface area (Å²) in [6.45, 7) is 6.61. The lowest BCUT2D eigenvalue weighted by Gasteiger charge is -2.29. The summed E-state index contributed by atoms with van der Waals surface area (Å²) in [5, 5.41) is 0. The number of amides is 1. The quantitative estimate of drug-likeness (QED) is 0.521. The highest BCUT2D eigenvalue weighted by Crippen LogP contribution is 2.20. The number of nitrogens with zero attached hydrogens (tertiary/aromatic N) is 1. The molecule has 1 amide bonds. The number of aryl methyl sites for hydroxylation is 1. The zero-order valence-corrected chi connectivity index (χ0v) is 18.5. The minimum Gasteiger partial charge on any atom is -0.383 e. The number of carbonyl (C=O) groups excluding carboxylic acids is 1. The standard InChI is InChI=1S/C23H31NO4S/c1-5-7-9-19-12-14-21(15-13-19)23(25)24(18(3)6-2)17-20-10-8-11-22(16-20)28-29(4,26)27/h8,10-16,18H,5-7,9,17H2,1-4H3/t18-/m1/s1. The van der Waals surface area contributed by atoms with Crippen molar-refractivity contribution in [3.8, 4) is 5.75 Å². The third kappa shape index (κ3) is 7.20. The molecule has 0 heterocycles. The van der Waals surface area contributed by atoms with Gasteiger partial charge in [-0.3, -0.25) is 4.79 Å². The fraction of sp³-hybridized carbons (Fsp3) is 0.435. The van der Waals surface area contributed by atoms with E-state index in [1.54, 1.807) is 18.2 Å². The van der Waals surface area contributed by atoms with E-state index >= 15 is 0 Å². The molecular weight excluding hydrogens is 386 g/mol. The maximum absolute atomic E-state index is 13.2. The van der Waals surface area contributed by atoms with Gasteiger partial charge in [-0.15, -0.1) is 0 Å². The molecule has 0 radical (unpaired) electrons. The van der Waals surface area contributed by atoms with Gasteiger partial charge in [0.15, 0.2) is 0 Å². The molecule has 0 unspecified atom stereocenters. The molecule has 1 atom stereocenters. The van der Waals surface area contributed by atoms with Gasteiger partial charge in [0.2, 0.25) is 0 Å². The van der Waals surface area contributed by atoms with E-state index in [0.717, 1.165) is 37.5 Å². The van der Waals surface area contributed by atoms with Crippen LogP contribution in [0.4, 0.5) is 0 Å². The summed E-state index contributed by atoms with van der Waals surface area (Å²) in [4.78, 5) is 15.0. The van der Waals surface area contributed by atoms with Crippen molar-refractivity contribution < 1.29 is 17.4 Å². The molecule has 2 aromatic carbocycles. The van der Waals surface area contributed by atoms with Crippen molar-refractivity contribution in [1.29, 1.82) is 0 Å². The minimum atomic E-state index is -3.59. The average molecular weight is 418 g/mol. The molecule has 0 spiro atoms. The van der Waals surface area contributed by atoms with Gasteiger partial charge in [-0.05, 0) is 61.6 Å². The third-order valence-electron chi connectivity index (χ3n) is 4.90. The molecule has 0 fully saturated rings. The van der Waals surface area contributed by atoms with Gasteiger partial charge < -0.3 is 9.08 Å². The molecule has 6 heteroatoms. The molecule has 158 valence electrons. The van der Waals surface area contributed by atoms with Crippen molar-refractivity contribution in [2.45, 2.75) is 59.0 Å². The van der Waals surface area contributed by atoms with Crippen LogP contribution < -0.4 is 4.18 Å². The molecule has 5 nitrogen and oxygen atoms in total. The lowest BCUT2D eigenvalue weighted by Crippen LogP contribution is -2.37. The van der Waals surface area contributed by atoms with Crippen molar-refractivity contribution in [1.82, 2.24) is 4.90 Å². The number of hydrogen-bond acceptors (Lipinski definition) is 4. The Bertz CT molecular complexity index is 907. The van der Waals surface area contributed by atoms with Crippen LogP contribution in [0.2, 0.25) is 0 Å². The SMILES string of the molecule is CCCCc1ccc(C(=O)N(Cc2cccc(OS(C)(=O)=O)c2)[C@H](C)CC)cc1. The van der Waals surface area contributed by atoms with E-state index in [2.05, 4.69) is 6.92 Å². The second-order valence-electron chi connectivity index (χ2n) is 7.43. The average Bonchev–Trinajstić information content (AvgIpc) is 2.69. The highest BCUT2D eigenvalue weighted by atomic mass is 32.2. The second-order valence-corrected chi connectivity index (χ2v) is 9.00. The third-order valence-corrected chi connectivity index (χ3v) is 5.40. The molecule has 2 aromatic rings. The predicted octanol–water partition coefficient (Wildman–Crippen LogP) is 4.81. The molecule has 0 N–H and O–H groups in total. The van der Waals surface area contributed by atoms with E-state index in [1.165, 1.54) is 5.56 Å². The zero-order valence-electron chi connectivity index (χ0n) is 17.7. The molecule has 0 bridgehead atoms. The van der Waals surface area contributed by atoms with Crippen LogP contribution >= 0.6 is 0 Å². The Balaban J connectivity index is 2.21.